The first-order valence-electron chi connectivity index (χ1n) is 9.57. The fourth-order valence-electron chi connectivity index (χ4n) is 3.33. The van der Waals surface area contributed by atoms with E-state index in [-0.39, 0.29) is 6.04 Å². The van der Waals surface area contributed by atoms with Crippen molar-refractivity contribution < 1.29 is 4.52 Å². The Morgan fingerprint density at radius 2 is 2.28 bits per heavy atom. The van der Waals surface area contributed by atoms with E-state index in [1.165, 1.54) is 0 Å². The maximum absolute atomic E-state index is 6.02. The number of halogens is 1. The van der Waals surface area contributed by atoms with Gasteiger partial charge in [0.15, 0.2) is 5.96 Å². The third-order valence-electron chi connectivity index (χ3n) is 4.71. The normalized spacial score (nSPS) is 16.5. The van der Waals surface area contributed by atoms with Gasteiger partial charge < -0.3 is 15.2 Å². The van der Waals surface area contributed by atoms with Gasteiger partial charge in [-0.25, -0.2) is 9.67 Å². The van der Waals surface area contributed by atoms with Gasteiger partial charge in [-0.2, -0.15) is 10.1 Å². The predicted molar refractivity (Wildman–Crippen MR) is 110 cm³/mol. The van der Waals surface area contributed by atoms with Gasteiger partial charge in [0, 0.05) is 43.1 Å². The number of fused-ring (bicyclic) bond motifs is 1. The summed E-state index contributed by atoms with van der Waals surface area (Å²) in [6.45, 7) is 3.32. The molecule has 1 aromatic carbocycles. The number of hydrogen-bond acceptors (Lipinski definition) is 6. The van der Waals surface area contributed by atoms with Crippen LogP contribution in [0.4, 0.5) is 0 Å². The van der Waals surface area contributed by atoms with Crippen molar-refractivity contribution in [1.29, 1.82) is 0 Å². The molecule has 0 spiro atoms. The van der Waals surface area contributed by atoms with Crippen LogP contribution in [0, 0.1) is 6.92 Å². The van der Waals surface area contributed by atoms with Crippen molar-refractivity contribution in [3.05, 3.63) is 46.8 Å². The van der Waals surface area contributed by atoms with Gasteiger partial charge in [-0.15, -0.1) is 0 Å². The Labute approximate surface area is 173 Å². The summed E-state index contributed by atoms with van der Waals surface area (Å²) in [5.41, 5.74) is 0.831. The predicted octanol–water partition coefficient (Wildman–Crippen LogP) is 2.01. The highest BCUT2D eigenvalue weighted by Crippen LogP contribution is 2.20. The molecule has 29 heavy (non-hydrogen) atoms. The van der Waals surface area contributed by atoms with Crippen molar-refractivity contribution in [3.8, 4) is 11.4 Å². The first-order valence-corrected chi connectivity index (χ1v) is 9.94. The van der Waals surface area contributed by atoms with Gasteiger partial charge in [-0.1, -0.05) is 28.9 Å². The summed E-state index contributed by atoms with van der Waals surface area (Å²) >= 11 is 6.02. The Morgan fingerprint density at radius 1 is 1.38 bits per heavy atom. The molecule has 0 fully saturated rings. The minimum Gasteiger partial charge on any atom is -0.356 e. The number of nitrogens with zero attached hydrogens (tertiary/aromatic N) is 6. The monoisotopic (exact) mass is 414 g/mol. The summed E-state index contributed by atoms with van der Waals surface area (Å²) in [4.78, 5) is 13.2. The molecule has 3 heterocycles. The number of aromatic nitrogens is 5. The minimum absolute atomic E-state index is 0.257. The standard InChI is InChI=1S/C19H23ClN8O/c1-12-23-16-7-6-15(11-28(16)26-12)24-19(21-2)22-9-8-17-25-18(27-29-17)13-4-3-5-14(20)10-13/h3-5,10,15H,6-9,11H2,1-2H3,(H2,21,22,24). The zero-order chi connectivity index (χ0) is 20.2. The third-order valence-corrected chi connectivity index (χ3v) is 4.95. The van der Waals surface area contributed by atoms with E-state index >= 15 is 0 Å². The topological polar surface area (TPSA) is 106 Å². The van der Waals surface area contributed by atoms with E-state index in [1.54, 1.807) is 7.05 Å². The highest BCUT2D eigenvalue weighted by atomic mass is 35.5. The van der Waals surface area contributed by atoms with Crippen LogP contribution in [0.25, 0.3) is 11.4 Å². The molecule has 3 aromatic rings. The summed E-state index contributed by atoms with van der Waals surface area (Å²) < 4.78 is 7.31. The fourth-order valence-corrected chi connectivity index (χ4v) is 3.52. The molecular weight excluding hydrogens is 392 g/mol. The SMILES string of the molecule is CN=C(NCCc1nc(-c2cccc(Cl)c2)no1)NC1CCc2nc(C)nn2C1. The maximum Gasteiger partial charge on any atom is 0.228 e. The van der Waals surface area contributed by atoms with E-state index in [0.717, 1.165) is 42.6 Å². The molecule has 1 aliphatic rings. The van der Waals surface area contributed by atoms with Crippen LogP contribution in [-0.2, 0) is 19.4 Å². The molecule has 0 saturated heterocycles. The number of benzene rings is 1. The Morgan fingerprint density at radius 3 is 3.10 bits per heavy atom. The number of aliphatic imine (C=N–C) groups is 1. The van der Waals surface area contributed by atoms with Crippen LogP contribution in [0.15, 0.2) is 33.8 Å². The summed E-state index contributed by atoms with van der Waals surface area (Å²) in [5.74, 6) is 3.70. The summed E-state index contributed by atoms with van der Waals surface area (Å²) in [5, 5.41) is 15.9. The second kappa shape index (κ2) is 8.60. The van der Waals surface area contributed by atoms with Gasteiger partial charge in [0.2, 0.25) is 11.7 Å². The fraction of sp³-hybridized carbons (Fsp3) is 0.421. The average molecular weight is 415 g/mol. The molecule has 152 valence electrons. The van der Waals surface area contributed by atoms with Gasteiger partial charge >= 0.3 is 0 Å². The van der Waals surface area contributed by atoms with Crippen molar-refractivity contribution >= 4 is 17.6 Å². The Bertz CT molecular complexity index is 1010. The van der Waals surface area contributed by atoms with Crippen molar-refractivity contribution in [2.24, 2.45) is 4.99 Å². The number of aryl methyl sites for hydroxylation is 2. The largest absolute Gasteiger partial charge is 0.356 e. The Kier molecular flexibility index (Phi) is 5.75. The molecule has 0 amide bonds. The maximum atomic E-state index is 6.02. The van der Waals surface area contributed by atoms with E-state index in [4.69, 9.17) is 16.1 Å². The van der Waals surface area contributed by atoms with E-state index < -0.39 is 0 Å². The van der Waals surface area contributed by atoms with Crippen molar-refractivity contribution in [2.45, 2.75) is 38.8 Å². The molecule has 0 radical (unpaired) electrons. The van der Waals surface area contributed by atoms with Crippen molar-refractivity contribution in [3.63, 3.8) is 0 Å². The molecule has 0 aliphatic carbocycles. The Balaban J connectivity index is 1.28. The summed E-state index contributed by atoms with van der Waals surface area (Å²) in [6.07, 6.45) is 2.49. The molecule has 10 heteroatoms. The number of rotatable bonds is 5. The Hall–Kier alpha value is -2.94. The molecular formula is C19H23ClN8O. The molecule has 4 rings (SSSR count). The number of hydrogen-bond donors (Lipinski definition) is 2. The van der Waals surface area contributed by atoms with Gasteiger partial charge in [-0.05, 0) is 25.5 Å². The van der Waals surface area contributed by atoms with Crippen LogP contribution in [0.2, 0.25) is 5.02 Å². The zero-order valence-corrected chi connectivity index (χ0v) is 17.1. The van der Waals surface area contributed by atoms with Crippen LogP contribution in [-0.4, -0.2) is 50.5 Å². The van der Waals surface area contributed by atoms with Gasteiger partial charge in [0.05, 0.1) is 6.54 Å². The first-order chi connectivity index (χ1) is 14.1. The van der Waals surface area contributed by atoms with Crippen LogP contribution in [0.5, 0.6) is 0 Å². The molecule has 1 unspecified atom stereocenters. The zero-order valence-electron chi connectivity index (χ0n) is 16.4. The number of guanidine groups is 1. The third kappa shape index (κ3) is 4.73. The van der Waals surface area contributed by atoms with Crippen LogP contribution < -0.4 is 10.6 Å². The lowest BCUT2D eigenvalue weighted by Crippen LogP contribution is -2.47. The van der Waals surface area contributed by atoms with Gasteiger partial charge in [-0.3, -0.25) is 4.99 Å². The van der Waals surface area contributed by atoms with Crippen molar-refractivity contribution in [2.75, 3.05) is 13.6 Å². The van der Waals surface area contributed by atoms with E-state index in [2.05, 4.69) is 35.8 Å². The van der Waals surface area contributed by atoms with E-state index in [0.29, 0.717) is 29.7 Å². The smallest absolute Gasteiger partial charge is 0.228 e. The summed E-state index contributed by atoms with van der Waals surface area (Å²) in [7, 11) is 1.76. The van der Waals surface area contributed by atoms with E-state index in [9.17, 15) is 0 Å². The second-order valence-electron chi connectivity index (χ2n) is 6.91. The highest BCUT2D eigenvalue weighted by molar-refractivity contribution is 6.30. The molecule has 2 aromatic heterocycles. The van der Waals surface area contributed by atoms with Crippen LogP contribution in [0.3, 0.4) is 0 Å². The second-order valence-corrected chi connectivity index (χ2v) is 7.34. The lowest BCUT2D eigenvalue weighted by molar-refractivity contribution is 0.377. The average Bonchev–Trinajstić information content (AvgIpc) is 3.32. The first kappa shape index (κ1) is 19.4. The molecule has 0 bridgehead atoms. The molecule has 0 saturated carbocycles. The van der Waals surface area contributed by atoms with Crippen LogP contribution >= 0.6 is 11.6 Å². The van der Waals surface area contributed by atoms with E-state index in [1.807, 2.05) is 35.9 Å². The lowest BCUT2D eigenvalue weighted by Gasteiger charge is -2.25. The van der Waals surface area contributed by atoms with Crippen molar-refractivity contribution in [1.82, 2.24) is 35.5 Å². The minimum atomic E-state index is 0.257. The lowest BCUT2D eigenvalue weighted by atomic mass is 10.1. The van der Waals surface area contributed by atoms with Gasteiger partial charge in [0.25, 0.3) is 0 Å². The molecule has 2 N–H and O–H groups in total. The molecule has 1 atom stereocenters. The number of nitrogens with one attached hydrogen (secondary N) is 2. The molecule has 9 nitrogen and oxygen atoms in total. The quantitative estimate of drug-likeness (QED) is 0.485. The molecule has 1 aliphatic heterocycles. The highest BCUT2D eigenvalue weighted by Gasteiger charge is 2.21. The van der Waals surface area contributed by atoms with Crippen LogP contribution in [0.1, 0.15) is 24.0 Å². The summed E-state index contributed by atoms with van der Waals surface area (Å²) in [6, 6.07) is 7.64. The van der Waals surface area contributed by atoms with Gasteiger partial charge in [0.1, 0.15) is 11.6 Å².